The van der Waals surface area contributed by atoms with Crippen molar-refractivity contribution in [2.24, 2.45) is 5.14 Å². The predicted molar refractivity (Wildman–Crippen MR) is 66.1 cm³/mol. The molecule has 0 aliphatic rings. The number of benzene rings is 1. The Morgan fingerprint density at radius 3 is 2.16 bits per heavy atom. The van der Waals surface area contributed by atoms with E-state index < -0.39 is 28.4 Å². The van der Waals surface area contributed by atoms with Crippen LogP contribution in [-0.4, -0.2) is 22.0 Å². The third-order valence-electron chi connectivity index (χ3n) is 2.48. The largest absolute Gasteiger partial charge is 0.374 e. The molecule has 8 heteroatoms. The van der Waals surface area contributed by atoms with Gasteiger partial charge in [0.05, 0.1) is 4.90 Å². The minimum atomic E-state index is -3.77. The van der Waals surface area contributed by atoms with E-state index in [0.717, 1.165) is 0 Å². The second kappa shape index (κ2) is 6.07. The van der Waals surface area contributed by atoms with Crippen LogP contribution in [-0.2, 0) is 10.0 Å². The van der Waals surface area contributed by atoms with Gasteiger partial charge in [0.2, 0.25) is 10.0 Å². The van der Waals surface area contributed by atoms with Crippen LogP contribution in [0.25, 0.3) is 0 Å². The molecule has 0 aliphatic carbocycles. The zero-order valence-electron chi connectivity index (χ0n) is 10.1. The molecule has 0 aliphatic heterocycles. The maximum absolute atomic E-state index is 12.6. The van der Waals surface area contributed by atoms with Crippen molar-refractivity contribution in [3.05, 3.63) is 36.2 Å². The average Bonchev–Trinajstić information content (AvgIpc) is 2.34. The normalized spacial score (nSPS) is 11.2. The summed E-state index contributed by atoms with van der Waals surface area (Å²) in [5.41, 5.74) is 0.569. The number of sulfonamides is 1. The topological polar surface area (TPSA) is 63.4 Å². The molecule has 0 unspecified atom stereocenters. The minimum absolute atomic E-state index is 0.0396. The Morgan fingerprint density at radius 1 is 1.21 bits per heavy atom. The van der Waals surface area contributed by atoms with Gasteiger partial charge in [0, 0.05) is 25.7 Å². The van der Waals surface area contributed by atoms with E-state index in [9.17, 15) is 21.6 Å². The van der Waals surface area contributed by atoms with Gasteiger partial charge >= 0.3 is 6.08 Å². The van der Waals surface area contributed by atoms with E-state index in [0.29, 0.717) is 5.69 Å². The smallest absolute Gasteiger partial charge is 0.301 e. The molecular weight excluding hydrogens is 281 g/mol. The van der Waals surface area contributed by atoms with Gasteiger partial charge in [0.15, 0.2) is 5.83 Å². The highest BCUT2D eigenvalue weighted by Crippen LogP contribution is 2.19. The molecule has 0 aromatic heterocycles. The van der Waals surface area contributed by atoms with Crippen molar-refractivity contribution in [2.45, 2.75) is 11.3 Å². The van der Waals surface area contributed by atoms with Gasteiger partial charge in [-0.1, -0.05) is 0 Å². The fourth-order valence-corrected chi connectivity index (χ4v) is 1.90. The molecule has 1 aromatic rings. The Balaban J connectivity index is 2.74. The van der Waals surface area contributed by atoms with Crippen molar-refractivity contribution in [1.82, 2.24) is 0 Å². The first-order valence-electron chi connectivity index (χ1n) is 5.25. The lowest BCUT2D eigenvalue weighted by molar-refractivity contribution is 0.371. The molecule has 0 fully saturated rings. The summed E-state index contributed by atoms with van der Waals surface area (Å²) in [6.07, 6.45) is -2.74. The van der Waals surface area contributed by atoms with Crippen molar-refractivity contribution in [3.63, 3.8) is 0 Å². The first-order chi connectivity index (χ1) is 8.71. The quantitative estimate of drug-likeness (QED) is 0.906. The zero-order valence-corrected chi connectivity index (χ0v) is 10.9. The highest BCUT2D eigenvalue weighted by Gasteiger charge is 2.10. The third kappa shape index (κ3) is 4.56. The number of hydrogen-bond acceptors (Lipinski definition) is 3. The molecule has 0 atom stereocenters. The van der Waals surface area contributed by atoms with Crippen LogP contribution >= 0.6 is 0 Å². The molecule has 19 heavy (non-hydrogen) atoms. The molecule has 1 rings (SSSR count). The van der Waals surface area contributed by atoms with Crippen LogP contribution in [0, 0.1) is 0 Å². The lowest BCUT2D eigenvalue weighted by atomic mass is 10.3. The number of anilines is 1. The maximum Gasteiger partial charge on any atom is 0.301 e. The fraction of sp³-hybridized carbons (Fsp3) is 0.273. The number of nitrogens with two attached hydrogens (primary N) is 1. The Morgan fingerprint density at radius 2 is 1.74 bits per heavy atom. The third-order valence-corrected chi connectivity index (χ3v) is 3.41. The van der Waals surface area contributed by atoms with Crippen LogP contribution in [0.1, 0.15) is 6.42 Å². The summed E-state index contributed by atoms with van der Waals surface area (Å²) in [7, 11) is -2.19. The molecule has 0 bridgehead atoms. The van der Waals surface area contributed by atoms with Crippen LogP contribution in [0.2, 0.25) is 0 Å². The Kier molecular flexibility index (Phi) is 4.96. The van der Waals surface area contributed by atoms with Gasteiger partial charge in [-0.3, -0.25) is 0 Å². The first-order valence-corrected chi connectivity index (χ1v) is 6.80. The van der Waals surface area contributed by atoms with Gasteiger partial charge < -0.3 is 4.90 Å². The van der Waals surface area contributed by atoms with E-state index in [1.165, 1.54) is 29.2 Å². The van der Waals surface area contributed by atoms with E-state index in [2.05, 4.69) is 0 Å². The van der Waals surface area contributed by atoms with Crippen molar-refractivity contribution >= 4 is 15.7 Å². The van der Waals surface area contributed by atoms with Crippen LogP contribution in [0.3, 0.4) is 0 Å². The van der Waals surface area contributed by atoms with E-state index in [1.807, 2.05) is 0 Å². The first kappa shape index (κ1) is 15.5. The molecule has 1 aromatic carbocycles. The van der Waals surface area contributed by atoms with Gasteiger partial charge in [-0.2, -0.15) is 8.78 Å². The van der Waals surface area contributed by atoms with E-state index in [-0.39, 0.29) is 11.4 Å². The number of hydrogen-bond donors (Lipinski definition) is 1. The van der Waals surface area contributed by atoms with Crippen LogP contribution in [0.5, 0.6) is 0 Å². The number of nitrogens with zero attached hydrogens (tertiary/aromatic N) is 1. The van der Waals surface area contributed by atoms with E-state index in [4.69, 9.17) is 5.14 Å². The van der Waals surface area contributed by atoms with Gasteiger partial charge in [-0.05, 0) is 24.3 Å². The summed E-state index contributed by atoms with van der Waals surface area (Å²) < 4.78 is 58.4. The highest BCUT2D eigenvalue weighted by atomic mass is 32.2. The van der Waals surface area contributed by atoms with Crippen LogP contribution < -0.4 is 10.0 Å². The summed E-state index contributed by atoms with van der Waals surface area (Å²) in [6.45, 7) is 0.0396. The zero-order chi connectivity index (χ0) is 14.6. The second-order valence-corrected chi connectivity index (χ2v) is 5.44. The molecule has 106 valence electrons. The van der Waals surface area contributed by atoms with Gasteiger partial charge in [-0.15, -0.1) is 0 Å². The molecule has 0 saturated heterocycles. The molecule has 0 amide bonds. The standard InChI is InChI=1S/C11H13F3N2O2S/c1-16(7-6-10(12)11(13)14)8-2-4-9(5-3-8)19(15,17)18/h2-5H,6-7H2,1H3,(H2,15,17,18). The summed E-state index contributed by atoms with van der Waals surface area (Å²) in [5.74, 6) is -1.45. The molecule has 0 heterocycles. The Hall–Kier alpha value is -1.54. The lowest BCUT2D eigenvalue weighted by Crippen LogP contribution is -2.19. The van der Waals surface area contributed by atoms with Crippen molar-refractivity contribution in [2.75, 3.05) is 18.5 Å². The summed E-state index contributed by atoms with van der Waals surface area (Å²) in [6, 6.07) is 5.52. The maximum atomic E-state index is 12.6. The van der Waals surface area contributed by atoms with Gasteiger partial charge in [0.1, 0.15) is 0 Å². The number of halogens is 3. The molecule has 2 N–H and O–H groups in total. The van der Waals surface area contributed by atoms with E-state index in [1.54, 1.807) is 7.05 Å². The molecule has 0 radical (unpaired) electrons. The average molecular weight is 294 g/mol. The fourth-order valence-electron chi connectivity index (χ4n) is 1.38. The highest BCUT2D eigenvalue weighted by molar-refractivity contribution is 7.89. The molecule has 0 spiro atoms. The SMILES string of the molecule is CN(CCC(F)=C(F)F)c1ccc(S(N)(=O)=O)cc1. The monoisotopic (exact) mass is 294 g/mol. The Labute approximate surface area is 109 Å². The predicted octanol–water partition coefficient (Wildman–Crippen LogP) is 2.24. The number of rotatable bonds is 5. The summed E-state index contributed by atoms with van der Waals surface area (Å²) >= 11 is 0. The molecule has 0 saturated carbocycles. The van der Waals surface area contributed by atoms with Crippen molar-refractivity contribution < 1.29 is 21.6 Å². The van der Waals surface area contributed by atoms with Gasteiger partial charge in [0.25, 0.3) is 0 Å². The second-order valence-electron chi connectivity index (χ2n) is 3.88. The molecular formula is C11H13F3N2O2S. The van der Waals surface area contributed by atoms with Gasteiger partial charge in [-0.25, -0.2) is 17.9 Å². The minimum Gasteiger partial charge on any atom is -0.374 e. The number of primary sulfonamides is 1. The Bertz CT molecular complexity index is 566. The van der Waals surface area contributed by atoms with Crippen molar-refractivity contribution in [3.8, 4) is 0 Å². The summed E-state index contributed by atoms with van der Waals surface area (Å²) in [4.78, 5) is 1.47. The summed E-state index contributed by atoms with van der Waals surface area (Å²) in [5, 5.41) is 4.93. The molecule has 4 nitrogen and oxygen atoms in total. The van der Waals surface area contributed by atoms with E-state index >= 15 is 0 Å². The van der Waals surface area contributed by atoms with Crippen molar-refractivity contribution in [1.29, 1.82) is 0 Å². The van der Waals surface area contributed by atoms with Crippen LogP contribution in [0.15, 0.2) is 41.1 Å². The lowest BCUT2D eigenvalue weighted by Gasteiger charge is -2.18. The van der Waals surface area contributed by atoms with Crippen LogP contribution in [0.4, 0.5) is 18.9 Å².